The molecule has 0 heterocycles. The second-order valence-corrected chi connectivity index (χ2v) is 11.8. The normalized spacial score (nSPS) is 38.4. The highest BCUT2D eigenvalue weighted by Crippen LogP contribution is 2.62. The van der Waals surface area contributed by atoms with Crippen LogP contribution in [0, 0.1) is 36.0 Å². The summed E-state index contributed by atoms with van der Waals surface area (Å²) < 4.78 is 31.8. The van der Waals surface area contributed by atoms with Crippen molar-refractivity contribution < 1.29 is 17.4 Å². The van der Waals surface area contributed by atoms with Crippen LogP contribution >= 0.6 is 0 Å². The van der Waals surface area contributed by atoms with Gasteiger partial charge in [-0.2, -0.15) is 8.42 Å². The molecular formula is C25H32O4S. The zero-order chi connectivity index (χ0) is 21.1. The molecule has 30 heavy (non-hydrogen) atoms. The lowest BCUT2D eigenvalue weighted by Crippen LogP contribution is -2.48. The molecule has 4 nitrogen and oxygen atoms in total. The number of carbonyl (C=O) groups excluding carboxylic acids is 1. The van der Waals surface area contributed by atoms with Crippen molar-refractivity contribution in [3.8, 4) is 0 Å². The van der Waals surface area contributed by atoms with Crippen molar-refractivity contribution in [1.82, 2.24) is 0 Å². The van der Waals surface area contributed by atoms with Crippen LogP contribution in [0.15, 0.2) is 40.8 Å². The first-order valence-electron chi connectivity index (χ1n) is 11.5. The van der Waals surface area contributed by atoms with Gasteiger partial charge in [-0.1, -0.05) is 30.2 Å². The van der Waals surface area contributed by atoms with Crippen LogP contribution in [-0.4, -0.2) is 20.3 Å². The van der Waals surface area contributed by atoms with E-state index < -0.39 is 10.1 Å². The number of benzene rings is 1. The maximum absolute atomic E-state index is 13.0. The summed E-state index contributed by atoms with van der Waals surface area (Å²) in [6.45, 7) is 4.22. The third-order valence-electron chi connectivity index (χ3n) is 8.77. The van der Waals surface area contributed by atoms with Gasteiger partial charge in [0.15, 0.2) is 5.78 Å². The van der Waals surface area contributed by atoms with Gasteiger partial charge in [-0.05, 0) is 99.2 Å². The fraction of sp³-hybridized carbons (Fsp3) is 0.640. The molecule has 0 aromatic heterocycles. The predicted molar refractivity (Wildman–Crippen MR) is 115 cm³/mol. The van der Waals surface area contributed by atoms with E-state index in [2.05, 4.69) is 6.92 Å². The van der Waals surface area contributed by atoms with Crippen LogP contribution in [0.3, 0.4) is 0 Å². The Morgan fingerprint density at radius 3 is 2.50 bits per heavy atom. The van der Waals surface area contributed by atoms with Crippen molar-refractivity contribution in [1.29, 1.82) is 0 Å². The molecule has 3 fully saturated rings. The predicted octanol–water partition coefficient (Wildman–Crippen LogP) is 5.21. The molecule has 0 amide bonds. The molecule has 4 aliphatic carbocycles. The van der Waals surface area contributed by atoms with Gasteiger partial charge in [0.25, 0.3) is 10.1 Å². The Morgan fingerprint density at radius 1 is 0.967 bits per heavy atom. The third kappa shape index (κ3) is 3.29. The van der Waals surface area contributed by atoms with Crippen molar-refractivity contribution in [3.63, 3.8) is 0 Å². The molecule has 0 bridgehead atoms. The molecule has 1 aromatic rings. The van der Waals surface area contributed by atoms with Gasteiger partial charge in [-0.25, -0.2) is 0 Å². The van der Waals surface area contributed by atoms with Crippen molar-refractivity contribution in [3.05, 3.63) is 41.5 Å². The molecule has 3 saturated carbocycles. The molecule has 162 valence electrons. The molecule has 5 heteroatoms. The van der Waals surface area contributed by atoms with Crippen molar-refractivity contribution in [2.75, 3.05) is 0 Å². The van der Waals surface area contributed by atoms with Crippen molar-refractivity contribution >= 4 is 15.9 Å². The van der Waals surface area contributed by atoms with Crippen LogP contribution in [0.2, 0.25) is 0 Å². The van der Waals surface area contributed by atoms with Gasteiger partial charge in [-0.3, -0.25) is 8.98 Å². The Labute approximate surface area is 180 Å². The third-order valence-corrected chi connectivity index (χ3v) is 10.1. The number of aryl methyl sites for hydroxylation is 1. The molecule has 4 aliphatic rings. The van der Waals surface area contributed by atoms with E-state index in [1.54, 1.807) is 12.1 Å². The Hall–Kier alpha value is -1.46. The Kier molecular flexibility index (Phi) is 4.98. The lowest BCUT2D eigenvalue weighted by atomic mass is 9.52. The number of rotatable bonds is 3. The summed E-state index contributed by atoms with van der Waals surface area (Å²) in [7, 11) is -3.75. The molecule has 0 unspecified atom stereocenters. The fourth-order valence-electron chi connectivity index (χ4n) is 7.20. The van der Waals surface area contributed by atoms with E-state index in [4.69, 9.17) is 4.18 Å². The molecule has 0 spiro atoms. The van der Waals surface area contributed by atoms with Gasteiger partial charge in [0, 0.05) is 6.42 Å². The lowest BCUT2D eigenvalue weighted by molar-refractivity contribution is -0.116. The van der Waals surface area contributed by atoms with E-state index in [9.17, 15) is 13.2 Å². The average Bonchev–Trinajstić information content (AvgIpc) is 3.03. The lowest BCUT2D eigenvalue weighted by Gasteiger charge is -2.53. The van der Waals surface area contributed by atoms with E-state index in [1.165, 1.54) is 5.57 Å². The summed E-state index contributed by atoms with van der Waals surface area (Å²) in [6.07, 6.45) is 9.60. The van der Waals surface area contributed by atoms with Crippen LogP contribution in [-0.2, 0) is 19.1 Å². The molecular weight excluding hydrogens is 396 g/mol. The van der Waals surface area contributed by atoms with E-state index in [-0.39, 0.29) is 16.4 Å². The maximum atomic E-state index is 13.0. The zero-order valence-corrected chi connectivity index (χ0v) is 18.8. The Balaban J connectivity index is 1.36. The fourth-order valence-corrected chi connectivity index (χ4v) is 8.41. The topological polar surface area (TPSA) is 60.4 Å². The summed E-state index contributed by atoms with van der Waals surface area (Å²) in [4.78, 5) is 12.1. The number of allylic oxidation sites excluding steroid dienone is 1. The highest BCUT2D eigenvalue weighted by atomic mass is 32.2. The number of carbonyl (C=O) groups is 1. The van der Waals surface area contributed by atoms with Gasteiger partial charge in [0.2, 0.25) is 0 Å². The molecule has 0 radical (unpaired) electrons. The highest BCUT2D eigenvalue weighted by Gasteiger charge is 2.57. The van der Waals surface area contributed by atoms with E-state index in [1.807, 2.05) is 25.1 Å². The second-order valence-electron chi connectivity index (χ2n) is 10.3. The minimum atomic E-state index is -3.75. The summed E-state index contributed by atoms with van der Waals surface area (Å²) in [5, 5.41) is 0. The summed E-state index contributed by atoms with van der Waals surface area (Å²) in [6, 6.07) is 6.94. The van der Waals surface area contributed by atoms with Crippen LogP contribution < -0.4 is 0 Å². The largest absolute Gasteiger partial charge is 0.297 e. The zero-order valence-electron chi connectivity index (χ0n) is 18.0. The van der Waals surface area contributed by atoms with Crippen LogP contribution in [0.4, 0.5) is 0 Å². The van der Waals surface area contributed by atoms with Crippen molar-refractivity contribution in [2.45, 2.75) is 76.2 Å². The van der Waals surface area contributed by atoms with E-state index >= 15 is 0 Å². The molecule has 0 saturated heterocycles. The Morgan fingerprint density at radius 2 is 1.73 bits per heavy atom. The summed E-state index contributed by atoms with van der Waals surface area (Å²) in [5.41, 5.74) is 2.35. The van der Waals surface area contributed by atoms with Crippen LogP contribution in [0.25, 0.3) is 0 Å². The minimum absolute atomic E-state index is 0.0787. The first-order valence-corrected chi connectivity index (χ1v) is 12.9. The first kappa shape index (κ1) is 20.4. The number of hydrogen-bond acceptors (Lipinski definition) is 4. The van der Waals surface area contributed by atoms with E-state index in [0.29, 0.717) is 35.9 Å². The van der Waals surface area contributed by atoms with Gasteiger partial charge in [-0.15, -0.1) is 0 Å². The molecule has 1 aromatic carbocycles. The van der Waals surface area contributed by atoms with Gasteiger partial charge in [0.05, 0.1) is 11.0 Å². The van der Waals surface area contributed by atoms with Crippen molar-refractivity contribution in [2.24, 2.45) is 29.1 Å². The summed E-state index contributed by atoms with van der Waals surface area (Å²) in [5.74, 6) is 2.69. The monoisotopic (exact) mass is 428 g/mol. The number of ketones is 1. The smallest absolute Gasteiger partial charge is 0.295 e. The quantitative estimate of drug-likeness (QED) is 0.620. The van der Waals surface area contributed by atoms with Crippen LogP contribution in [0.5, 0.6) is 0 Å². The first-order chi connectivity index (χ1) is 14.3. The average molecular weight is 429 g/mol. The standard InChI is InChI=1S/C25H32O4S/c1-16-3-7-19(8-4-16)30(27,28)29-24-12-11-23-22-9-5-17-15-18(26)6-10-20(17)21(22)13-14-25(23,24)2/h3-4,7-8,15,20-24H,5-6,9-14H2,1-2H3/t20-,21+,22+,23-,24-,25-/m0/s1. The number of fused-ring (bicyclic) bond motifs is 5. The summed E-state index contributed by atoms with van der Waals surface area (Å²) >= 11 is 0. The van der Waals surface area contributed by atoms with Gasteiger partial charge >= 0.3 is 0 Å². The SMILES string of the molecule is Cc1ccc(S(=O)(=O)O[C@H]2CC[C@H]3[C@@H]4CCC5=CC(=O)CC[C@@H]5[C@H]4CC[C@]23C)cc1. The highest BCUT2D eigenvalue weighted by molar-refractivity contribution is 7.86. The Bertz CT molecular complexity index is 977. The van der Waals surface area contributed by atoms with Gasteiger partial charge in [0.1, 0.15) is 0 Å². The minimum Gasteiger partial charge on any atom is -0.295 e. The second kappa shape index (κ2) is 7.30. The maximum Gasteiger partial charge on any atom is 0.297 e. The molecule has 5 rings (SSSR count). The molecule has 0 aliphatic heterocycles. The number of hydrogen-bond donors (Lipinski definition) is 0. The van der Waals surface area contributed by atoms with Gasteiger partial charge < -0.3 is 0 Å². The van der Waals surface area contributed by atoms with Crippen LogP contribution in [0.1, 0.15) is 63.9 Å². The van der Waals surface area contributed by atoms with E-state index in [0.717, 1.165) is 50.5 Å². The molecule has 6 atom stereocenters. The molecule has 0 N–H and O–H groups in total.